The van der Waals surface area contributed by atoms with E-state index in [0.717, 1.165) is 37.7 Å². The van der Waals surface area contributed by atoms with Crippen molar-refractivity contribution in [2.24, 2.45) is 0 Å². The molecule has 2 aromatic rings. The molecule has 0 unspecified atom stereocenters. The van der Waals surface area contributed by atoms with Gasteiger partial charge in [-0.05, 0) is 48.9 Å². The Morgan fingerprint density at radius 2 is 1.89 bits per heavy atom. The number of hydrogen-bond donors (Lipinski definition) is 1. The Bertz CT molecular complexity index is 823. The van der Waals surface area contributed by atoms with Gasteiger partial charge in [0.15, 0.2) is 0 Å². The summed E-state index contributed by atoms with van der Waals surface area (Å²) in [5, 5.41) is 12.5. The summed E-state index contributed by atoms with van der Waals surface area (Å²) in [5.41, 5.74) is 2.50. The Hall–Kier alpha value is -2.39. The molecule has 0 saturated carbocycles. The number of halogens is 1. The van der Waals surface area contributed by atoms with E-state index in [2.05, 4.69) is 27.3 Å². The normalized spacial score (nSPS) is 16.5. The fourth-order valence-electron chi connectivity index (χ4n) is 3.24. The minimum Gasteiger partial charge on any atom is -0.325 e. The third-order valence-corrected chi connectivity index (χ3v) is 5.15. The summed E-state index contributed by atoms with van der Waals surface area (Å²) < 4.78 is 0. The number of nitrogens with zero attached hydrogens (tertiary/aromatic N) is 3. The Morgan fingerprint density at radius 3 is 2.52 bits per heavy atom. The van der Waals surface area contributed by atoms with Gasteiger partial charge in [-0.3, -0.25) is 14.6 Å². The number of amides is 1. The lowest BCUT2D eigenvalue weighted by atomic mass is 10.1. The Morgan fingerprint density at radius 1 is 1.19 bits per heavy atom. The molecule has 1 saturated heterocycles. The first-order chi connectivity index (χ1) is 13.0. The summed E-state index contributed by atoms with van der Waals surface area (Å²) in [7, 11) is 0. The molecule has 0 aromatic heterocycles. The van der Waals surface area contributed by atoms with Crippen molar-refractivity contribution in [2.45, 2.75) is 19.5 Å². The van der Waals surface area contributed by atoms with Gasteiger partial charge >= 0.3 is 0 Å². The molecule has 1 heterocycles. The van der Waals surface area contributed by atoms with Crippen molar-refractivity contribution in [2.75, 3.05) is 31.5 Å². The lowest BCUT2D eigenvalue weighted by molar-refractivity contribution is -0.121. The van der Waals surface area contributed by atoms with E-state index >= 15 is 0 Å². The predicted octanol–water partition coefficient (Wildman–Crippen LogP) is 3.36. The smallest absolute Gasteiger partial charge is 0.241 e. The molecule has 1 fully saturated rings. The minimum atomic E-state index is -0.200. The van der Waals surface area contributed by atoms with Gasteiger partial charge in [-0.25, -0.2) is 0 Å². The fourth-order valence-corrected chi connectivity index (χ4v) is 3.46. The Labute approximate surface area is 165 Å². The molecule has 0 spiro atoms. The number of hydrogen-bond acceptors (Lipinski definition) is 4. The van der Waals surface area contributed by atoms with Crippen LogP contribution in [0.4, 0.5) is 5.69 Å². The van der Waals surface area contributed by atoms with Gasteiger partial charge in [0, 0.05) is 43.4 Å². The van der Waals surface area contributed by atoms with Gasteiger partial charge in [0.05, 0.1) is 17.7 Å². The van der Waals surface area contributed by atoms with E-state index in [-0.39, 0.29) is 11.9 Å². The van der Waals surface area contributed by atoms with E-state index in [0.29, 0.717) is 11.3 Å². The largest absolute Gasteiger partial charge is 0.325 e. The second-order valence-electron chi connectivity index (χ2n) is 6.80. The summed E-state index contributed by atoms with van der Waals surface area (Å²) in [6.45, 7) is 6.35. The number of rotatable bonds is 5. The molecule has 3 rings (SSSR count). The van der Waals surface area contributed by atoms with Crippen molar-refractivity contribution >= 4 is 23.2 Å². The highest BCUT2D eigenvalue weighted by molar-refractivity contribution is 6.30. The number of piperazine rings is 1. The highest BCUT2D eigenvalue weighted by Crippen LogP contribution is 2.16. The maximum Gasteiger partial charge on any atom is 0.241 e. The number of anilines is 1. The monoisotopic (exact) mass is 382 g/mol. The average molecular weight is 383 g/mol. The van der Waals surface area contributed by atoms with Crippen molar-refractivity contribution in [3.05, 3.63) is 64.7 Å². The van der Waals surface area contributed by atoms with E-state index < -0.39 is 0 Å². The van der Waals surface area contributed by atoms with Gasteiger partial charge in [0.1, 0.15) is 0 Å². The Balaban J connectivity index is 1.49. The van der Waals surface area contributed by atoms with E-state index in [1.165, 1.54) is 5.56 Å². The molecule has 2 aromatic carbocycles. The van der Waals surface area contributed by atoms with Crippen LogP contribution in [-0.4, -0.2) is 47.9 Å². The molecule has 1 N–H and O–H groups in total. The second kappa shape index (κ2) is 9.01. The molecule has 0 bridgehead atoms. The predicted molar refractivity (Wildman–Crippen MR) is 108 cm³/mol. The van der Waals surface area contributed by atoms with Crippen LogP contribution in [0.3, 0.4) is 0 Å². The van der Waals surface area contributed by atoms with Gasteiger partial charge in [0.25, 0.3) is 0 Å². The maximum atomic E-state index is 12.5. The van der Waals surface area contributed by atoms with Crippen molar-refractivity contribution in [3.8, 4) is 6.07 Å². The average Bonchev–Trinajstić information content (AvgIpc) is 2.68. The number of carbonyl (C=O) groups is 1. The van der Waals surface area contributed by atoms with E-state index in [9.17, 15) is 4.79 Å². The van der Waals surface area contributed by atoms with Gasteiger partial charge in [-0.15, -0.1) is 0 Å². The molecule has 0 radical (unpaired) electrons. The van der Waals surface area contributed by atoms with Crippen LogP contribution in [0.2, 0.25) is 5.02 Å². The van der Waals surface area contributed by atoms with Crippen molar-refractivity contribution < 1.29 is 4.79 Å². The molecule has 1 aliphatic heterocycles. The molecule has 6 heteroatoms. The van der Waals surface area contributed by atoms with Gasteiger partial charge in [0.2, 0.25) is 5.91 Å². The number of carbonyl (C=O) groups excluding carboxylic acids is 1. The molecule has 5 nitrogen and oxygen atoms in total. The van der Waals surface area contributed by atoms with Crippen molar-refractivity contribution in [1.29, 1.82) is 5.26 Å². The zero-order valence-corrected chi connectivity index (χ0v) is 16.1. The van der Waals surface area contributed by atoms with Crippen LogP contribution in [0.1, 0.15) is 18.1 Å². The first-order valence-electron chi connectivity index (χ1n) is 9.07. The fraction of sp³-hybridized carbons (Fsp3) is 0.333. The molecular weight excluding hydrogens is 360 g/mol. The third-order valence-electron chi connectivity index (χ3n) is 4.91. The van der Waals surface area contributed by atoms with Gasteiger partial charge in [-0.1, -0.05) is 23.7 Å². The molecule has 27 heavy (non-hydrogen) atoms. The van der Waals surface area contributed by atoms with Crippen LogP contribution >= 0.6 is 11.6 Å². The summed E-state index contributed by atoms with van der Waals surface area (Å²) in [6.07, 6.45) is 0. The first-order valence-corrected chi connectivity index (χ1v) is 9.45. The van der Waals surface area contributed by atoms with E-state index in [4.69, 9.17) is 16.9 Å². The lowest BCUT2D eigenvalue weighted by Gasteiger charge is -2.37. The van der Waals surface area contributed by atoms with Crippen LogP contribution in [0.5, 0.6) is 0 Å². The van der Waals surface area contributed by atoms with Crippen LogP contribution < -0.4 is 5.32 Å². The zero-order chi connectivity index (χ0) is 19.2. The van der Waals surface area contributed by atoms with Gasteiger partial charge < -0.3 is 5.32 Å². The number of benzene rings is 2. The summed E-state index contributed by atoms with van der Waals surface area (Å²) in [5.74, 6) is -0.0250. The first kappa shape index (κ1) is 19.4. The maximum absolute atomic E-state index is 12.5. The summed E-state index contributed by atoms with van der Waals surface area (Å²) >= 11 is 6.06. The molecule has 1 aliphatic rings. The second-order valence-corrected chi connectivity index (χ2v) is 7.23. The minimum absolute atomic E-state index is 0.0250. The molecule has 0 aliphatic carbocycles. The van der Waals surface area contributed by atoms with E-state index in [1.807, 2.05) is 25.1 Å². The van der Waals surface area contributed by atoms with Crippen molar-refractivity contribution in [3.63, 3.8) is 0 Å². The number of nitriles is 1. The standard InChI is InChI=1S/C21H23ClN4O/c1-16(21(27)24-20-7-5-17(14-23)6-8-20)26-11-9-25(10-12-26)15-18-3-2-4-19(22)13-18/h2-8,13,16H,9-12,15H2,1H3,(H,24,27)/t16-/m0/s1. The quantitative estimate of drug-likeness (QED) is 0.861. The Kier molecular flexibility index (Phi) is 6.46. The van der Waals surface area contributed by atoms with Crippen LogP contribution in [0.25, 0.3) is 0 Å². The molecule has 1 atom stereocenters. The van der Waals surface area contributed by atoms with E-state index in [1.54, 1.807) is 24.3 Å². The van der Waals surface area contributed by atoms with Crippen LogP contribution in [0.15, 0.2) is 48.5 Å². The topological polar surface area (TPSA) is 59.4 Å². The van der Waals surface area contributed by atoms with Crippen molar-refractivity contribution in [1.82, 2.24) is 9.80 Å². The summed E-state index contributed by atoms with van der Waals surface area (Å²) in [4.78, 5) is 17.1. The highest BCUT2D eigenvalue weighted by Gasteiger charge is 2.25. The zero-order valence-electron chi connectivity index (χ0n) is 15.4. The third kappa shape index (κ3) is 5.30. The van der Waals surface area contributed by atoms with Gasteiger partial charge in [-0.2, -0.15) is 5.26 Å². The lowest BCUT2D eigenvalue weighted by Crippen LogP contribution is -2.52. The SMILES string of the molecule is C[C@@H](C(=O)Nc1ccc(C#N)cc1)N1CCN(Cc2cccc(Cl)c2)CC1. The molecule has 1 amide bonds. The van der Waals surface area contributed by atoms with Crippen LogP contribution in [-0.2, 0) is 11.3 Å². The van der Waals surface area contributed by atoms with Crippen LogP contribution in [0, 0.1) is 11.3 Å². The molecule has 140 valence electrons. The summed E-state index contributed by atoms with van der Waals surface area (Å²) in [6, 6.07) is 16.7. The number of nitrogens with one attached hydrogen (secondary N) is 1. The molecular formula is C21H23ClN4O. The highest BCUT2D eigenvalue weighted by atomic mass is 35.5.